The molecule has 0 aromatic heterocycles. The van der Waals surface area contributed by atoms with Crippen molar-refractivity contribution >= 4 is 5.78 Å². The molecule has 0 aliphatic heterocycles. The lowest BCUT2D eigenvalue weighted by atomic mass is 10.3. The molecular weight excluding hydrogens is 152 g/mol. The summed E-state index contributed by atoms with van der Waals surface area (Å²) in [6.45, 7) is 1.99. The number of hydrogen-bond acceptors (Lipinski definition) is 2. The standard InChI is InChI=1S/C10H11O2/c1-2-9(11)8-12-10-6-4-3-5-7-10/h4-7H,2,8H2,1H3. The number of Topliss-reactive ketones (excluding diaryl/α,β-unsaturated/α-hetero) is 1. The van der Waals surface area contributed by atoms with Crippen molar-refractivity contribution in [2.45, 2.75) is 13.3 Å². The quantitative estimate of drug-likeness (QED) is 0.677. The Balaban J connectivity index is 2.38. The van der Waals surface area contributed by atoms with Crippen LogP contribution in [0.2, 0.25) is 0 Å². The highest BCUT2D eigenvalue weighted by atomic mass is 16.5. The zero-order valence-corrected chi connectivity index (χ0v) is 7.04. The van der Waals surface area contributed by atoms with E-state index in [0.29, 0.717) is 6.42 Å². The van der Waals surface area contributed by atoms with Crippen LogP contribution in [0.25, 0.3) is 0 Å². The lowest BCUT2D eigenvalue weighted by Gasteiger charge is -2.02. The highest BCUT2D eigenvalue weighted by Crippen LogP contribution is 2.07. The summed E-state index contributed by atoms with van der Waals surface area (Å²) in [6, 6.07) is 9.94. The molecule has 1 radical (unpaired) electrons. The Morgan fingerprint density at radius 3 is 2.75 bits per heavy atom. The van der Waals surface area contributed by atoms with Crippen LogP contribution in [-0.4, -0.2) is 12.4 Å². The predicted octanol–water partition coefficient (Wildman–Crippen LogP) is 1.84. The van der Waals surface area contributed by atoms with E-state index in [9.17, 15) is 4.79 Å². The molecule has 1 aromatic carbocycles. The first-order valence-corrected chi connectivity index (χ1v) is 3.93. The lowest BCUT2D eigenvalue weighted by molar-refractivity contribution is -0.120. The molecule has 0 fully saturated rings. The molecule has 2 heteroatoms. The van der Waals surface area contributed by atoms with Gasteiger partial charge in [0.2, 0.25) is 0 Å². The number of ketones is 1. The Hall–Kier alpha value is -1.31. The van der Waals surface area contributed by atoms with Gasteiger partial charge in [0.05, 0.1) is 0 Å². The minimum absolute atomic E-state index is 0.114. The molecule has 63 valence electrons. The van der Waals surface area contributed by atoms with Gasteiger partial charge in [-0.15, -0.1) is 0 Å². The van der Waals surface area contributed by atoms with Gasteiger partial charge in [0.15, 0.2) is 5.78 Å². The van der Waals surface area contributed by atoms with Crippen LogP contribution in [0, 0.1) is 6.07 Å². The molecule has 0 amide bonds. The normalized spacial score (nSPS) is 9.42. The number of rotatable bonds is 4. The summed E-state index contributed by atoms with van der Waals surface area (Å²) < 4.78 is 5.19. The molecule has 0 unspecified atom stereocenters. The Bertz CT molecular complexity index is 241. The molecule has 0 aliphatic carbocycles. The van der Waals surface area contributed by atoms with Crippen molar-refractivity contribution in [2.75, 3.05) is 6.61 Å². The molecule has 0 heterocycles. The average molecular weight is 163 g/mol. The zero-order chi connectivity index (χ0) is 8.81. The van der Waals surface area contributed by atoms with Gasteiger partial charge in [0.25, 0.3) is 0 Å². The third-order valence-corrected chi connectivity index (χ3v) is 1.48. The Kier molecular flexibility index (Phi) is 3.33. The monoisotopic (exact) mass is 163 g/mol. The Morgan fingerprint density at radius 1 is 1.50 bits per heavy atom. The molecular formula is C10H11O2. The molecule has 0 N–H and O–H groups in total. The molecule has 12 heavy (non-hydrogen) atoms. The summed E-state index contributed by atoms with van der Waals surface area (Å²) in [4.78, 5) is 10.9. The summed E-state index contributed by atoms with van der Waals surface area (Å²) in [5.41, 5.74) is 0. The van der Waals surface area contributed by atoms with Crippen LogP contribution in [-0.2, 0) is 4.79 Å². The third kappa shape index (κ3) is 2.74. The molecule has 0 spiro atoms. The van der Waals surface area contributed by atoms with Crippen LogP contribution in [0.3, 0.4) is 0 Å². The van der Waals surface area contributed by atoms with E-state index in [-0.39, 0.29) is 12.4 Å². The topological polar surface area (TPSA) is 26.3 Å². The molecule has 0 atom stereocenters. The van der Waals surface area contributed by atoms with E-state index >= 15 is 0 Å². The number of carbonyl (C=O) groups is 1. The van der Waals surface area contributed by atoms with Crippen LogP contribution in [0.4, 0.5) is 0 Å². The second kappa shape index (κ2) is 4.54. The van der Waals surface area contributed by atoms with Crippen molar-refractivity contribution in [2.24, 2.45) is 0 Å². The number of carbonyl (C=O) groups excluding carboxylic acids is 1. The van der Waals surface area contributed by atoms with Crippen LogP contribution in [0.5, 0.6) is 5.75 Å². The fourth-order valence-electron chi connectivity index (χ4n) is 0.734. The van der Waals surface area contributed by atoms with Crippen LogP contribution >= 0.6 is 0 Å². The van der Waals surface area contributed by atoms with Crippen molar-refractivity contribution in [1.82, 2.24) is 0 Å². The fraction of sp³-hybridized carbons (Fsp3) is 0.300. The van der Waals surface area contributed by atoms with E-state index in [2.05, 4.69) is 6.07 Å². The number of hydrogen-bond donors (Lipinski definition) is 0. The SMILES string of the molecule is CCC(=O)COc1cc[c]cc1. The average Bonchev–Trinajstić information content (AvgIpc) is 2.16. The van der Waals surface area contributed by atoms with Gasteiger partial charge in [-0.3, -0.25) is 4.79 Å². The van der Waals surface area contributed by atoms with Gasteiger partial charge in [0.1, 0.15) is 12.4 Å². The second-order valence-electron chi connectivity index (χ2n) is 2.42. The maximum atomic E-state index is 10.9. The Morgan fingerprint density at radius 2 is 2.17 bits per heavy atom. The van der Waals surface area contributed by atoms with Gasteiger partial charge in [0, 0.05) is 6.42 Å². The van der Waals surface area contributed by atoms with Crippen molar-refractivity contribution in [1.29, 1.82) is 0 Å². The first-order chi connectivity index (χ1) is 5.83. The van der Waals surface area contributed by atoms with E-state index in [4.69, 9.17) is 4.74 Å². The van der Waals surface area contributed by atoms with E-state index < -0.39 is 0 Å². The van der Waals surface area contributed by atoms with Gasteiger partial charge in [-0.25, -0.2) is 0 Å². The fourth-order valence-corrected chi connectivity index (χ4v) is 0.734. The minimum Gasteiger partial charge on any atom is -0.486 e. The molecule has 2 nitrogen and oxygen atoms in total. The van der Waals surface area contributed by atoms with Crippen LogP contribution < -0.4 is 4.74 Å². The third-order valence-electron chi connectivity index (χ3n) is 1.48. The molecule has 0 saturated heterocycles. The Labute approximate surface area is 72.2 Å². The van der Waals surface area contributed by atoms with E-state index in [0.717, 1.165) is 5.75 Å². The maximum Gasteiger partial charge on any atom is 0.169 e. The van der Waals surface area contributed by atoms with Gasteiger partial charge in [-0.1, -0.05) is 19.1 Å². The number of ether oxygens (including phenoxy) is 1. The van der Waals surface area contributed by atoms with Gasteiger partial charge in [-0.2, -0.15) is 0 Å². The van der Waals surface area contributed by atoms with Crippen molar-refractivity contribution in [3.8, 4) is 5.75 Å². The van der Waals surface area contributed by atoms with Crippen molar-refractivity contribution < 1.29 is 9.53 Å². The molecule has 1 aromatic rings. The van der Waals surface area contributed by atoms with Crippen molar-refractivity contribution in [3.63, 3.8) is 0 Å². The lowest BCUT2D eigenvalue weighted by Crippen LogP contribution is -2.09. The summed E-state index contributed by atoms with van der Waals surface area (Å²) >= 11 is 0. The van der Waals surface area contributed by atoms with Gasteiger partial charge in [-0.05, 0) is 18.2 Å². The first-order valence-electron chi connectivity index (χ1n) is 3.93. The van der Waals surface area contributed by atoms with E-state index in [1.54, 1.807) is 24.3 Å². The second-order valence-corrected chi connectivity index (χ2v) is 2.42. The molecule has 0 bridgehead atoms. The molecule has 1 rings (SSSR count). The van der Waals surface area contributed by atoms with Crippen LogP contribution in [0.1, 0.15) is 13.3 Å². The van der Waals surface area contributed by atoms with E-state index in [1.807, 2.05) is 6.92 Å². The maximum absolute atomic E-state index is 10.9. The van der Waals surface area contributed by atoms with Crippen molar-refractivity contribution in [3.05, 3.63) is 30.3 Å². The van der Waals surface area contributed by atoms with E-state index in [1.165, 1.54) is 0 Å². The predicted molar refractivity (Wildman–Crippen MR) is 46.1 cm³/mol. The first kappa shape index (κ1) is 8.78. The van der Waals surface area contributed by atoms with Crippen LogP contribution in [0.15, 0.2) is 24.3 Å². The zero-order valence-electron chi connectivity index (χ0n) is 7.04. The summed E-state index contributed by atoms with van der Waals surface area (Å²) in [5.74, 6) is 0.832. The number of benzene rings is 1. The minimum atomic E-state index is 0.114. The summed E-state index contributed by atoms with van der Waals surface area (Å²) in [5, 5.41) is 0. The summed E-state index contributed by atoms with van der Waals surface area (Å²) in [6.07, 6.45) is 0.527. The molecule has 0 aliphatic rings. The van der Waals surface area contributed by atoms with Gasteiger partial charge >= 0.3 is 0 Å². The van der Waals surface area contributed by atoms with Gasteiger partial charge < -0.3 is 4.74 Å². The largest absolute Gasteiger partial charge is 0.486 e. The summed E-state index contributed by atoms with van der Waals surface area (Å²) in [7, 11) is 0. The smallest absolute Gasteiger partial charge is 0.169 e. The molecule has 0 saturated carbocycles. The highest BCUT2D eigenvalue weighted by molar-refractivity contribution is 5.79. The highest BCUT2D eigenvalue weighted by Gasteiger charge is 1.98.